The number of phenolic OH excluding ortho intramolecular Hbond substituents is 1. The van der Waals surface area contributed by atoms with Gasteiger partial charge in [-0.2, -0.15) is 5.10 Å². The van der Waals surface area contributed by atoms with Crippen molar-refractivity contribution in [2.75, 3.05) is 20.0 Å². The topological polar surface area (TPSA) is 111 Å². The van der Waals surface area contributed by atoms with Crippen LogP contribution >= 0.6 is 11.8 Å². The molecule has 0 fully saturated rings. The Morgan fingerprint density at radius 3 is 2.57 bits per heavy atom. The van der Waals surface area contributed by atoms with Gasteiger partial charge in [0.2, 0.25) is 0 Å². The monoisotopic (exact) mass is 489 g/mol. The average Bonchev–Trinajstić information content (AvgIpc) is 3.31. The van der Waals surface area contributed by atoms with E-state index < -0.39 is 0 Å². The molecule has 0 atom stereocenters. The van der Waals surface area contributed by atoms with E-state index in [9.17, 15) is 9.90 Å². The Morgan fingerprint density at radius 2 is 1.83 bits per heavy atom. The lowest BCUT2D eigenvalue weighted by Gasteiger charge is -2.12. The van der Waals surface area contributed by atoms with Crippen LogP contribution in [0.4, 0.5) is 0 Å². The Bertz CT molecular complexity index is 1340. The molecule has 0 unspecified atom stereocenters. The van der Waals surface area contributed by atoms with E-state index in [0.29, 0.717) is 28.0 Å². The quantitative estimate of drug-likeness (QED) is 0.208. The minimum absolute atomic E-state index is 0.0777. The molecule has 0 bridgehead atoms. The molecule has 35 heavy (non-hydrogen) atoms. The number of carbonyl (C=O) groups excluding carboxylic acids is 1. The predicted molar refractivity (Wildman–Crippen MR) is 134 cm³/mol. The number of aromatic hydroxyl groups is 1. The van der Waals surface area contributed by atoms with Crippen molar-refractivity contribution < 1.29 is 19.4 Å². The van der Waals surface area contributed by atoms with E-state index in [0.717, 1.165) is 11.3 Å². The van der Waals surface area contributed by atoms with E-state index in [1.165, 1.54) is 18.0 Å². The van der Waals surface area contributed by atoms with Crippen molar-refractivity contribution in [3.8, 4) is 34.3 Å². The number of thioether (sulfide) groups is 1. The number of hydrazone groups is 1. The fourth-order valence-electron chi connectivity index (χ4n) is 3.28. The second-order valence-electron chi connectivity index (χ2n) is 7.22. The van der Waals surface area contributed by atoms with Gasteiger partial charge in [0.15, 0.2) is 22.5 Å². The Balaban J connectivity index is 1.54. The van der Waals surface area contributed by atoms with Crippen molar-refractivity contribution in [3.05, 3.63) is 78.4 Å². The van der Waals surface area contributed by atoms with Crippen LogP contribution in [0.5, 0.6) is 17.2 Å². The molecule has 0 saturated heterocycles. The molecule has 0 spiro atoms. The summed E-state index contributed by atoms with van der Waals surface area (Å²) in [6.07, 6.45) is 1.46. The van der Waals surface area contributed by atoms with E-state index in [1.54, 1.807) is 38.5 Å². The number of methoxy groups -OCH3 is 2. The van der Waals surface area contributed by atoms with Crippen LogP contribution in [0.1, 0.15) is 5.56 Å². The van der Waals surface area contributed by atoms with Gasteiger partial charge in [0, 0.05) is 11.3 Å². The Kier molecular flexibility index (Phi) is 7.63. The Hall–Kier alpha value is -4.31. The first-order chi connectivity index (χ1) is 17.1. The van der Waals surface area contributed by atoms with Crippen LogP contribution < -0.4 is 14.9 Å². The van der Waals surface area contributed by atoms with Crippen LogP contribution in [0.2, 0.25) is 0 Å². The number of nitrogens with zero attached hydrogens (tertiary/aromatic N) is 4. The van der Waals surface area contributed by atoms with E-state index in [1.807, 2.05) is 53.1 Å². The van der Waals surface area contributed by atoms with Crippen molar-refractivity contribution in [2.24, 2.45) is 5.10 Å². The third-order valence-corrected chi connectivity index (χ3v) is 5.82. The number of hydrogen-bond acceptors (Lipinski definition) is 8. The fraction of sp³-hybridized carbons (Fsp3) is 0.120. The highest BCUT2D eigenvalue weighted by molar-refractivity contribution is 7.99. The maximum absolute atomic E-state index is 12.4. The molecule has 0 aliphatic heterocycles. The highest BCUT2D eigenvalue weighted by Crippen LogP contribution is 2.34. The third-order valence-electron chi connectivity index (χ3n) is 4.89. The van der Waals surface area contributed by atoms with Crippen molar-refractivity contribution in [1.82, 2.24) is 20.2 Å². The molecule has 3 aromatic carbocycles. The molecule has 9 nitrogen and oxygen atoms in total. The smallest absolute Gasteiger partial charge is 0.250 e. The van der Waals surface area contributed by atoms with Crippen molar-refractivity contribution in [2.45, 2.75) is 5.16 Å². The first-order valence-corrected chi connectivity index (χ1v) is 11.5. The van der Waals surface area contributed by atoms with Crippen LogP contribution in [0, 0.1) is 0 Å². The number of carbonyl (C=O) groups is 1. The maximum Gasteiger partial charge on any atom is 0.250 e. The summed E-state index contributed by atoms with van der Waals surface area (Å²) >= 11 is 1.24. The molecule has 10 heteroatoms. The number of aromatic nitrogens is 3. The third kappa shape index (κ3) is 5.79. The number of rotatable bonds is 9. The van der Waals surface area contributed by atoms with Crippen LogP contribution in [-0.4, -0.2) is 52.0 Å². The number of phenols is 1. The minimum Gasteiger partial charge on any atom is -0.508 e. The molecule has 178 valence electrons. The Labute approximate surface area is 206 Å². The zero-order valence-corrected chi connectivity index (χ0v) is 19.9. The van der Waals surface area contributed by atoms with Gasteiger partial charge in [-0.25, -0.2) is 5.43 Å². The van der Waals surface area contributed by atoms with Crippen molar-refractivity contribution >= 4 is 23.9 Å². The first kappa shape index (κ1) is 23.8. The van der Waals surface area contributed by atoms with Crippen LogP contribution in [-0.2, 0) is 4.79 Å². The lowest BCUT2D eigenvalue weighted by Crippen LogP contribution is -2.20. The molecule has 4 rings (SSSR count). The highest BCUT2D eigenvalue weighted by Gasteiger charge is 2.18. The van der Waals surface area contributed by atoms with Gasteiger partial charge in [-0.15, -0.1) is 10.2 Å². The van der Waals surface area contributed by atoms with E-state index in [4.69, 9.17) is 9.47 Å². The molecular weight excluding hydrogens is 466 g/mol. The average molecular weight is 490 g/mol. The van der Waals surface area contributed by atoms with E-state index in [2.05, 4.69) is 20.7 Å². The van der Waals surface area contributed by atoms with Gasteiger partial charge in [-0.3, -0.25) is 9.36 Å². The predicted octanol–water partition coefficient (Wildman–Crippen LogP) is 3.90. The zero-order valence-electron chi connectivity index (χ0n) is 19.1. The summed E-state index contributed by atoms with van der Waals surface area (Å²) in [6.45, 7) is 0. The largest absolute Gasteiger partial charge is 0.508 e. The molecule has 0 aliphatic carbocycles. The van der Waals surface area contributed by atoms with Crippen molar-refractivity contribution in [1.29, 1.82) is 0 Å². The molecule has 1 heterocycles. The number of ether oxygens (including phenoxy) is 2. The van der Waals surface area contributed by atoms with Crippen LogP contribution in [0.25, 0.3) is 17.1 Å². The molecule has 0 radical (unpaired) electrons. The fourth-order valence-corrected chi connectivity index (χ4v) is 4.03. The van der Waals surface area contributed by atoms with Crippen molar-refractivity contribution in [3.63, 3.8) is 0 Å². The summed E-state index contributed by atoms with van der Waals surface area (Å²) in [6, 6.07) is 21.7. The van der Waals surface area contributed by atoms with Crippen LogP contribution in [0.3, 0.4) is 0 Å². The van der Waals surface area contributed by atoms with Gasteiger partial charge >= 0.3 is 0 Å². The summed E-state index contributed by atoms with van der Waals surface area (Å²) in [5, 5.41) is 22.7. The second kappa shape index (κ2) is 11.2. The number of amides is 1. The summed E-state index contributed by atoms with van der Waals surface area (Å²) in [5.41, 5.74) is 4.79. The molecule has 0 saturated carbocycles. The lowest BCUT2D eigenvalue weighted by atomic mass is 10.2. The highest BCUT2D eigenvalue weighted by atomic mass is 32.2. The summed E-state index contributed by atoms with van der Waals surface area (Å²) in [4.78, 5) is 12.4. The second-order valence-corrected chi connectivity index (χ2v) is 8.17. The van der Waals surface area contributed by atoms with Gasteiger partial charge in [-0.1, -0.05) is 42.1 Å². The van der Waals surface area contributed by atoms with Crippen LogP contribution in [0.15, 0.2) is 83.1 Å². The number of para-hydroxylation sites is 1. The van der Waals surface area contributed by atoms with E-state index >= 15 is 0 Å². The summed E-state index contributed by atoms with van der Waals surface area (Å²) < 4.78 is 12.7. The SMILES string of the molecule is COc1ccc(-c2nnc(SCC(=O)N/N=C\c3cccc(O)c3)n2-c2ccccc2)cc1OC. The maximum atomic E-state index is 12.4. The molecular formula is C25H23N5O4S. The van der Waals surface area contributed by atoms with Gasteiger partial charge in [-0.05, 0) is 48.0 Å². The Morgan fingerprint density at radius 1 is 1.03 bits per heavy atom. The molecule has 1 amide bonds. The standard InChI is InChI=1S/C25H23N5O4S/c1-33-21-12-11-18(14-22(21)34-2)24-28-29-25(30(24)19-8-4-3-5-9-19)35-16-23(32)27-26-15-17-7-6-10-20(31)13-17/h3-15,31H,16H2,1-2H3,(H,27,32)/b26-15-. The van der Waals surface area contributed by atoms with Gasteiger partial charge in [0.25, 0.3) is 5.91 Å². The summed E-state index contributed by atoms with van der Waals surface area (Å²) in [5.74, 6) is 1.68. The number of nitrogens with one attached hydrogen (secondary N) is 1. The van der Waals surface area contributed by atoms with Gasteiger partial charge in [0.05, 0.1) is 26.2 Å². The molecule has 1 aromatic heterocycles. The lowest BCUT2D eigenvalue weighted by molar-refractivity contribution is -0.118. The number of hydrogen-bond donors (Lipinski definition) is 2. The summed E-state index contributed by atoms with van der Waals surface area (Å²) in [7, 11) is 3.16. The normalized spacial score (nSPS) is 10.9. The van der Waals surface area contributed by atoms with Gasteiger partial charge in [0.1, 0.15) is 5.75 Å². The number of benzene rings is 3. The first-order valence-electron chi connectivity index (χ1n) is 10.6. The van der Waals surface area contributed by atoms with E-state index in [-0.39, 0.29) is 17.4 Å². The molecule has 4 aromatic rings. The van der Waals surface area contributed by atoms with Gasteiger partial charge < -0.3 is 14.6 Å². The zero-order chi connectivity index (χ0) is 24.6. The minimum atomic E-state index is -0.304. The molecule has 0 aliphatic rings. The molecule has 2 N–H and O–H groups in total.